The highest BCUT2D eigenvalue weighted by atomic mass is 19.1. The molecule has 116 valence electrons. The van der Waals surface area contributed by atoms with Gasteiger partial charge >= 0.3 is 0 Å². The fourth-order valence-corrected chi connectivity index (χ4v) is 1.75. The molecule has 2 rings (SSSR count). The number of phenolic OH excluding ortho intramolecular Hbond substituents is 2. The maximum absolute atomic E-state index is 13.8. The Balaban J connectivity index is 2.36. The largest absolute Gasteiger partial charge is 0.502 e. The summed E-state index contributed by atoms with van der Waals surface area (Å²) in [5.41, 5.74) is -0.631. The van der Waals surface area contributed by atoms with Gasteiger partial charge in [0.05, 0.1) is 0 Å². The fourth-order valence-electron chi connectivity index (χ4n) is 1.75. The third-order valence-corrected chi connectivity index (χ3v) is 2.89. The van der Waals surface area contributed by atoms with Crippen molar-refractivity contribution in [3.05, 3.63) is 59.2 Å². The van der Waals surface area contributed by atoms with Gasteiger partial charge in [0.2, 0.25) is 0 Å². The van der Waals surface area contributed by atoms with Crippen LogP contribution in [0.2, 0.25) is 0 Å². The normalized spacial score (nSPS) is 10.9. The first kappa shape index (κ1) is 16.0. The van der Waals surface area contributed by atoms with E-state index in [1.54, 1.807) is 36.4 Å². The van der Waals surface area contributed by atoms with Crippen molar-refractivity contribution in [2.75, 3.05) is 5.32 Å². The summed E-state index contributed by atoms with van der Waals surface area (Å²) in [6.07, 6.45) is 0.774. The predicted octanol–water partition coefficient (Wildman–Crippen LogP) is 2.92. The molecule has 0 radical (unpaired) electrons. The number of halogens is 2. The van der Waals surface area contributed by atoms with Crippen molar-refractivity contribution in [3.8, 4) is 17.6 Å². The van der Waals surface area contributed by atoms with Gasteiger partial charge in [-0.1, -0.05) is 18.2 Å². The molecule has 0 saturated heterocycles. The number of nitrogens with one attached hydrogen (secondary N) is 1. The summed E-state index contributed by atoms with van der Waals surface area (Å²) < 4.78 is 27.1. The van der Waals surface area contributed by atoms with E-state index in [1.165, 1.54) is 0 Å². The molecule has 0 bridgehead atoms. The van der Waals surface area contributed by atoms with Gasteiger partial charge in [-0.2, -0.15) is 5.26 Å². The van der Waals surface area contributed by atoms with E-state index in [0.29, 0.717) is 11.8 Å². The van der Waals surface area contributed by atoms with Crippen LogP contribution in [-0.4, -0.2) is 16.1 Å². The first-order valence-corrected chi connectivity index (χ1v) is 6.32. The number of carbonyl (C=O) groups excluding carboxylic acids is 1. The van der Waals surface area contributed by atoms with Gasteiger partial charge in [-0.25, -0.2) is 8.78 Å². The van der Waals surface area contributed by atoms with Crippen LogP contribution in [0, 0.1) is 23.0 Å². The van der Waals surface area contributed by atoms with E-state index in [-0.39, 0.29) is 0 Å². The maximum Gasteiger partial charge on any atom is 0.266 e. The SMILES string of the molecule is N#CC(=Cc1cc(F)c(O)c(O)c1F)C(=O)Nc1ccccc1. The molecule has 0 spiro atoms. The number of carbonyl (C=O) groups is 1. The van der Waals surface area contributed by atoms with E-state index in [1.807, 2.05) is 0 Å². The molecule has 2 aromatic rings. The molecule has 23 heavy (non-hydrogen) atoms. The predicted molar refractivity (Wildman–Crippen MR) is 78.3 cm³/mol. The van der Waals surface area contributed by atoms with Crippen LogP contribution in [0.3, 0.4) is 0 Å². The molecular weight excluding hydrogens is 306 g/mol. The van der Waals surface area contributed by atoms with Crippen molar-refractivity contribution in [2.45, 2.75) is 0 Å². The van der Waals surface area contributed by atoms with E-state index in [2.05, 4.69) is 5.32 Å². The topological polar surface area (TPSA) is 93.3 Å². The second-order valence-electron chi connectivity index (χ2n) is 4.45. The molecule has 0 saturated carbocycles. The van der Waals surface area contributed by atoms with Crippen LogP contribution in [0.5, 0.6) is 11.5 Å². The lowest BCUT2D eigenvalue weighted by Gasteiger charge is -2.06. The van der Waals surface area contributed by atoms with Gasteiger partial charge in [-0.15, -0.1) is 0 Å². The summed E-state index contributed by atoms with van der Waals surface area (Å²) in [6.45, 7) is 0. The second kappa shape index (κ2) is 6.58. The number of benzene rings is 2. The molecule has 0 fully saturated rings. The van der Waals surface area contributed by atoms with Gasteiger partial charge in [-0.05, 0) is 24.3 Å². The van der Waals surface area contributed by atoms with Crippen LogP contribution < -0.4 is 5.32 Å². The first-order chi connectivity index (χ1) is 10.9. The number of aromatic hydroxyl groups is 2. The Morgan fingerprint density at radius 3 is 2.43 bits per heavy atom. The lowest BCUT2D eigenvalue weighted by atomic mass is 10.1. The molecule has 1 amide bonds. The fraction of sp³-hybridized carbons (Fsp3) is 0. The molecule has 5 nitrogen and oxygen atoms in total. The Morgan fingerprint density at radius 1 is 1.17 bits per heavy atom. The highest BCUT2D eigenvalue weighted by molar-refractivity contribution is 6.09. The molecule has 0 unspecified atom stereocenters. The minimum Gasteiger partial charge on any atom is -0.502 e. The zero-order chi connectivity index (χ0) is 17.0. The van der Waals surface area contributed by atoms with Gasteiger partial charge in [-0.3, -0.25) is 4.79 Å². The Bertz CT molecular complexity index is 827. The average molecular weight is 316 g/mol. The van der Waals surface area contributed by atoms with Crippen LogP contribution >= 0.6 is 0 Å². The Kier molecular flexibility index (Phi) is 4.57. The molecule has 3 N–H and O–H groups in total. The number of hydrogen-bond acceptors (Lipinski definition) is 4. The number of phenols is 2. The van der Waals surface area contributed by atoms with E-state index < -0.39 is 40.2 Å². The van der Waals surface area contributed by atoms with Gasteiger partial charge in [0, 0.05) is 11.3 Å². The van der Waals surface area contributed by atoms with Gasteiger partial charge in [0.1, 0.15) is 11.6 Å². The summed E-state index contributed by atoms with van der Waals surface area (Å²) in [6, 6.07) is 10.4. The van der Waals surface area contributed by atoms with Gasteiger partial charge in [0.15, 0.2) is 23.1 Å². The summed E-state index contributed by atoms with van der Waals surface area (Å²) in [5.74, 6) is -5.99. The zero-order valence-corrected chi connectivity index (χ0v) is 11.5. The molecule has 0 aliphatic rings. The Morgan fingerprint density at radius 2 is 1.83 bits per heavy atom. The van der Waals surface area contributed by atoms with E-state index in [9.17, 15) is 18.7 Å². The number of rotatable bonds is 3. The summed E-state index contributed by atoms with van der Waals surface area (Å²) in [4.78, 5) is 12.0. The monoisotopic (exact) mass is 316 g/mol. The van der Waals surface area contributed by atoms with E-state index in [0.717, 1.165) is 6.08 Å². The molecule has 0 aliphatic carbocycles. The third-order valence-electron chi connectivity index (χ3n) is 2.89. The van der Waals surface area contributed by atoms with Gasteiger partial charge < -0.3 is 15.5 Å². The van der Waals surface area contributed by atoms with Crippen molar-refractivity contribution in [3.63, 3.8) is 0 Å². The van der Waals surface area contributed by atoms with Crippen LogP contribution in [0.1, 0.15) is 5.56 Å². The van der Waals surface area contributed by atoms with Crippen LogP contribution in [-0.2, 0) is 4.79 Å². The van der Waals surface area contributed by atoms with Crippen molar-refractivity contribution in [1.82, 2.24) is 0 Å². The van der Waals surface area contributed by atoms with Crippen LogP contribution in [0.15, 0.2) is 42.0 Å². The lowest BCUT2D eigenvalue weighted by Crippen LogP contribution is -2.13. The summed E-state index contributed by atoms with van der Waals surface area (Å²) in [5, 5.41) is 29.8. The summed E-state index contributed by atoms with van der Waals surface area (Å²) >= 11 is 0. The van der Waals surface area contributed by atoms with Crippen molar-refractivity contribution in [2.24, 2.45) is 0 Å². The molecule has 2 aromatic carbocycles. The van der Waals surface area contributed by atoms with Crippen molar-refractivity contribution in [1.29, 1.82) is 5.26 Å². The highest BCUT2D eigenvalue weighted by Gasteiger charge is 2.18. The molecule has 0 aromatic heterocycles. The smallest absolute Gasteiger partial charge is 0.266 e. The number of nitriles is 1. The molecule has 0 aliphatic heterocycles. The molecule has 7 heteroatoms. The molecule has 0 heterocycles. The number of amides is 1. The van der Waals surface area contributed by atoms with Crippen molar-refractivity contribution >= 4 is 17.7 Å². The van der Waals surface area contributed by atoms with Crippen molar-refractivity contribution < 1.29 is 23.8 Å². The van der Waals surface area contributed by atoms with E-state index in [4.69, 9.17) is 10.4 Å². The molecule has 0 atom stereocenters. The lowest BCUT2D eigenvalue weighted by molar-refractivity contribution is -0.112. The average Bonchev–Trinajstić information content (AvgIpc) is 2.55. The van der Waals surface area contributed by atoms with E-state index >= 15 is 0 Å². The minimum absolute atomic E-state index is 0.416. The van der Waals surface area contributed by atoms with Crippen LogP contribution in [0.4, 0.5) is 14.5 Å². The molecular formula is C16H10F2N2O3. The zero-order valence-electron chi connectivity index (χ0n) is 11.5. The Hall–Kier alpha value is -3.40. The third kappa shape index (κ3) is 3.44. The number of nitrogens with zero attached hydrogens (tertiary/aromatic N) is 1. The number of para-hydroxylation sites is 1. The summed E-state index contributed by atoms with van der Waals surface area (Å²) in [7, 11) is 0. The number of anilines is 1. The van der Waals surface area contributed by atoms with Gasteiger partial charge in [0.25, 0.3) is 5.91 Å². The quantitative estimate of drug-likeness (QED) is 0.461. The maximum atomic E-state index is 13.8. The highest BCUT2D eigenvalue weighted by Crippen LogP contribution is 2.33. The first-order valence-electron chi connectivity index (χ1n) is 6.32. The Labute approximate surface area is 129 Å². The minimum atomic E-state index is -1.34. The second-order valence-corrected chi connectivity index (χ2v) is 4.45. The standard InChI is InChI=1S/C16H10F2N2O3/c17-12-7-9(13(18)15(22)14(12)21)6-10(8-19)16(23)20-11-4-2-1-3-5-11/h1-7,21-22H,(H,20,23). The number of hydrogen-bond donors (Lipinski definition) is 3. The van der Waals surface area contributed by atoms with Crippen LogP contribution in [0.25, 0.3) is 6.08 Å².